The number of halogens is 1. The van der Waals surface area contributed by atoms with Crippen molar-refractivity contribution in [1.29, 1.82) is 0 Å². The molecule has 2 rings (SSSR count). The molecule has 1 aliphatic rings. The van der Waals surface area contributed by atoms with E-state index in [2.05, 4.69) is 0 Å². The summed E-state index contributed by atoms with van der Waals surface area (Å²) in [4.78, 5) is -0.00231. The van der Waals surface area contributed by atoms with Crippen molar-refractivity contribution in [1.82, 2.24) is 4.31 Å². The van der Waals surface area contributed by atoms with E-state index in [0.717, 1.165) is 12.8 Å². The molecule has 0 spiro atoms. The molecule has 1 saturated carbocycles. The van der Waals surface area contributed by atoms with Gasteiger partial charge in [-0.05, 0) is 30.9 Å². The normalized spacial score (nSPS) is 16.0. The molecular weight excluding hydrogens is 267 g/mol. The molecule has 1 fully saturated rings. The number of hydrogen-bond acceptors (Lipinski definition) is 3. The number of rotatable bonds is 6. The summed E-state index contributed by atoms with van der Waals surface area (Å²) >= 11 is 0. The zero-order chi connectivity index (χ0) is 14.0. The molecule has 0 unspecified atom stereocenters. The highest BCUT2D eigenvalue weighted by Crippen LogP contribution is 2.32. The van der Waals surface area contributed by atoms with Crippen LogP contribution in [0.4, 0.5) is 4.39 Å². The average Bonchev–Trinajstić information content (AvgIpc) is 3.19. The van der Waals surface area contributed by atoms with Gasteiger partial charge in [0.15, 0.2) is 0 Å². The van der Waals surface area contributed by atoms with Gasteiger partial charge in [0.25, 0.3) is 0 Å². The third-order valence-electron chi connectivity index (χ3n) is 3.41. The van der Waals surface area contributed by atoms with Crippen LogP contribution < -0.4 is 5.73 Å². The second-order valence-electron chi connectivity index (χ2n) is 4.82. The van der Waals surface area contributed by atoms with Crippen molar-refractivity contribution >= 4 is 10.0 Å². The molecule has 0 aromatic heterocycles. The Bertz CT molecular complexity index is 556. The number of benzene rings is 1. The summed E-state index contributed by atoms with van der Waals surface area (Å²) in [7, 11) is -3.66. The van der Waals surface area contributed by atoms with Crippen LogP contribution in [0.25, 0.3) is 0 Å². The third-order valence-corrected chi connectivity index (χ3v) is 5.43. The first-order valence-corrected chi connectivity index (χ1v) is 7.92. The zero-order valence-electron chi connectivity index (χ0n) is 11.0. The summed E-state index contributed by atoms with van der Waals surface area (Å²) in [5.74, 6) is -0.115. The summed E-state index contributed by atoms with van der Waals surface area (Å²) in [6, 6.07) is 4.07. The lowest BCUT2D eigenvalue weighted by molar-refractivity contribution is 0.411. The Hall–Kier alpha value is -0.980. The van der Waals surface area contributed by atoms with Crippen LogP contribution in [0.5, 0.6) is 0 Å². The average molecular weight is 286 g/mol. The highest BCUT2D eigenvalue weighted by Gasteiger charge is 2.32. The van der Waals surface area contributed by atoms with E-state index in [4.69, 9.17) is 5.73 Å². The van der Waals surface area contributed by atoms with Crippen molar-refractivity contribution in [2.24, 2.45) is 11.7 Å². The van der Waals surface area contributed by atoms with Gasteiger partial charge in [-0.2, -0.15) is 4.31 Å². The Morgan fingerprint density at radius 1 is 1.42 bits per heavy atom. The van der Waals surface area contributed by atoms with Crippen LogP contribution in [0, 0.1) is 11.7 Å². The van der Waals surface area contributed by atoms with Crippen molar-refractivity contribution in [3.63, 3.8) is 0 Å². The maximum atomic E-state index is 13.7. The molecule has 0 radical (unpaired) electrons. The Balaban J connectivity index is 2.39. The molecule has 0 bridgehead atoms. The quantitative estimate of drug-likeness (QED) is 0.866. The molecule has 2 N–H and O–H groups in total. The minimum Gasteiger partial charge on any atom is -0.326 e. The van der Waals surface area contributed by atoms with Gasteiger partial charge in [-0.1, -0.05) is 13.0 Å². The maximum Gasteiger partial charge on any atom is 0.243 e. The standard InChI is InChI=1S/C13H19FN2O2S/c1-2-16(9-10-6-7-10)19(17,18)13-5-3-4-12(14)11(13)8-15/h3-5,10H,2,6-9,15H2,1H3. The summed E-state index contributed by atoms with van der Waals surface area (Å²) in [6.45, 7) is 2.57. The van der Waals surface area contributed by atoms with Crippen LogP contribution in [0.3, 0.4) is 0 Å². The predicted molar refractivity (Wildman–Crippen MR) is 71.4 cm³/mol. The second kappa shape index (κ2) is 5.56. The smallest absolute Gasteiger partial charge is 0.243 e. The molecule has 0 heterocycles. The van der Waals surface area contributed by atoms with Crippen molar-refractivity contribution in [2.75, 3.05) is 13.1 Å². The molecule has 0 atom stereocenters. The number of hydrogen-bond donors (Lipinski definition) is 1. The van der Waals surface area contributed by atoms with Gasteiger partial charge in [-0.3, -0.25) is 0 Å². The third kappa shape index (κ3) is 2.96. The molecular formula is C13H19FN2O2S. The van der Waals surface area contributed by atoms with E-state index in [9.17, 15) is 12.8 Å². The van der Waals surface area contributed by atoms with E-state index in [0.29, 0.717) is 19.0 Å². The summed E-state index contributed by atoms with van der Waals surface area (Å²) in [5, 5.41) is 0. The maximum absolute atomic E-state index is 13.7. The molecule has 0 saturated heterocycles. The lowest BCUT2D eigenvalue weighted by Crippen LogP contribution is -2.33. The molecule has 1 aliphatic carbocycles. The van der Waals surface area contributed by atoms with Crippen LogP contribution in [0.2, 0.25) is 0 Å². The predicted octanol–water partition coefficient (Wildman–Crippen LogP) is 1.71. The van der Waals surface area contributed by atoms with Gasteiger partial charge in [0.05, 0.1) is 4.90 Å². The van der Waals surface area contributed by atoms with Gasteiger partial charge < -0.3 is 5.73 Å². The van der Waals surface area contributed by atoms with E-state index in [1.165, 1.54) is 22.5 Å². The van der Waals surface area contributed by atoms with E-state index in [1.54, 1.807) is 6.92 Å². The molecule has 1 aromatic carbocycles. The van der Waals surface area contributed by atoms with E-state index >= 15 is 0 Å². The molecule has 6 heteroatoms. The molecule has 106 valence electrons. The van der Waals surface area contributed by atoms with Crippen LogP contribution in [-0.2, 0) is 16.6 Å². The SMILES string of the molecule is CCN(CC1CC1)S(=O)(=O)c1cccc(F)c1CN. The summed E-state index contributed by atoms with van der Waals surface area (Å²) < 4.78 is 40.2. The van der Waals surface area contributed by atoms with Crippen molar-refractivity contribution in [2.45, 2.75) is 31.2 Å². The molecule has 4 nitrogen and oxygen atoms in total. The Morgan fingerprint density at radius 3 is 2.63 bits per heavy atom. The summed E-state index contributed by atoms with van der Waals surface area (Å²) in [6.07, 6.45) is 2.14. The molecule has 0 aliphatic heterocycles. The molecule has 1 aromatic rings. The highest BCUT2D eigenvalue weighted by atomic mass is 32.2. The number of nitrogens with zero attached hydrogens (tertiary/aromatic N) is 1. The van der Waals surface area contributed by atoms with Gasteiger partial charge in [0, 0.05) is 25.2 Å². The largest absolute Gasteiger partial charge is 0.326 e. The van der Waals surface area contributed by atoms with Gasteiger partial charge in [0.1, 0.15) is 5.82 Å². The van der Waals surface area contributed by atoms with Gasteiger partial charge in [-0.15, -0.1) is 0 Å². The Kier molecular flexibility index (Phi) is 4.23. The lowest BCUT2D eigenvalue weighted by atomic mass is 10.2. The molecule has 19 heavy (non-hydrogen) atoms. The fourth-order valence-electron chi connectivity index (χ4n) is 2.10. The van der Waals surface area contributed by atoms with Gasteiger partial charge in [-0.25, -0.2) is 12.8 Å². The van der Waals surface area contributed by atoms with Crippen LogP contribution >= 0.6 is 0 Å². The monoisotopic (exact) mass is 286 g/mol. The number of nitrogens with two attached hydrogens (primary N) is 1. The van der Waals surface area contributed by atoms with Crippen LogP contribution in [0.1, 0.15) is 25.3 Å². The first-order chi connectivity index (χ1) is 9.00. The first-order valence-electron chi connectivity index (χ1n) is 6.48. The van der Waals surface area contributed by atoms with Crippen molar-refractivity contribution < 1.29 is 12.8 Å². The first kappa shape index (κ1) is 14.4. The topological polar surface area (TPSA) is 63.4 Å². The minimum absolute atomic E-state index is 0.00231. The highest BCUT2D eigenvalue weighted by molar-refractivity contribution is 7.89. The molecule has 0 amide bonds. The van der Waals surface area contributed by atoms with E-state index in [-0.39, 0.29) is 17.0 Å². The zero-order valence-corrected chi connectivity index (χ0v) is 11.8. The minimum atomic E-state index is -3.66. The van der Waals surface area contributed by atoms with E-state index in [1.807, 2.05) is 0 Å². The van der Waals surface area contributed by atoms with Crippen LogP contribution in [-0.4, -0.2) is 25.8 Å². The number of sulfonamides is 1. The fraction of sp³-hybridized carbons (Fsp3) is 0.538. The van der Waals surface area contributed by atoms with Crippen molar-refractivity contribution in [3.05, 3.63) is 29.6 Å². The second-order valence-corrected chi connectivity index (χ2v) is 6.73. The van der Waals surface area contributed by atoms with Crippen LogP contribution in [0.15, 0.2) is 23.1 Å². The lowest BCUT2D eigenvalue weighted by Gasteiger charge is -2.22. The Morgan fingerprint density at radius 2 is 2.11 bits per heavy atom. The van der Waals surface area contributed by atoms with Gasteiger partial charge >= 0.3 is 0 Å². The Labute approximate surface area is 113 Å². The van der Waals surface area contributed by atoms with E-state index < -0.39 is 15.8 Å². The van der Waals surface area contributed by atoms with Crippen molar-refractivity contribution in [3.8, 4) is 0 Å². The van der Waals surface area contributed by atoms with Gasteiger partial charge in [0.2, 0.25) is 10.0 Å². The summed E-state index contributed by atoms with van der Waals surface area (Å²) in [5.41, 5.74) is 5.55. The fourth-order valence-corrected chi connectivity index (χ4v) is 3.87.